The summed E-state index contributed by atoms with van der Waals surface area (Å²) in [6.07, 6.45) is 2.37. The van der Waals surface area contributed by atoms with E-state index in [1.165, 1.54) is 12.0 Å². The van der Waals surface area contributed by atoms with Crippen LogP contribution in [0.5, 0.6) is 0 Å². The van der Waals surface area contributed by atoms with Gasteiger partial charge in [-0.05, 0) is 36.4 Å². The molecule has 5 heteroatoms. The van der Waals surface area contributed by atoms with Crippen LogP contribution in [-0.2, 0) is 6.54 Å². The summed E-state index contributed by atoms with van der Waals surface area (Å²) in [5.41, 5.74) is 7.16. The number of thiophene rings is 1. The van der Waals surface area contributed by atoms with Gasteiger partial charge in [-0.2, -0.15) is 0 Å². The molecule has 0 bridgehead atoms. The lowest BCUT2D eigenvalue weighted by molar-refractivity contribution is 0.202. The lowest BCUT2D eigenvalue weighted by Gasteiger charge is -2.30. The molecular formula is C10H16Cl2N2S. The maximum atomic E-state index is 6.06. The lowest BCUT2D eigenvalue weighted by atomic mass is 10.1. The van der Waals surface area contributed by atoms with Gasteiger partial charge in [0.1, 0.15) is 0 Å². The van der Waals surface area contributed by atoms with Crippen molar-refractivity contribution in [1.29, 1.82) is 0 Å². The summed E-state index contributed by atoms with van der Waals surface area (Å²) >= 11 is 7.66. The largest absolute Gasteiger partial charge is 0.327 e. The third kappa shape index (κ3) is 3.61. The second-order valence-electron chi connectivity index (χ2n) is 3.86. The third-order valence-electron chi connectivity index (χ3n) is 2.63. The molecule has 1 aliphatic rings. The van der Waals surface area contributed by atoms with Crippen LogP contribution in [0.25, 0.3) is 0 Å². The molecule has 0 saturated carbocycles. The minimum absolute atomic E-state index is 0. The van der Waals surface area contributed by atoms with E-state index >= 15 is 0 Å². The fourth-order valence-electron chi connectivity index (χ4n) is 1.91. The fraction of sp³-hybridized carbons (Fsp3) is 0.600. The van der Waals surface area contributed by atoms with Gasteiger partial charge in [-0.1, -0.05) is 11.6 Å². The zero-order valence-electron chi connectivity index (χ0n) is 8.49. The molecule has 0 amide bonds. The first-order chi connectivity index (χ1) is 6.75. The Morgan fingerprint density at radius 2 is 2.40 bits per heavy atom. The van der Waals surface area contributed by atoms with Gasteiger partial charge in [0.2, 0.25) is 0 Å². The first kappa shape index (κ1) is 13.3. The van der Waals surface area contributed by atoms with Gasteiger partial charge in [0.25, 0.3) is 0 Å². The molecule has 2 nitrogen and oxygen atoms in total. The second-order valence-corrected chi connectivity index (χ2v) is 5.38. The van der Waals surface area contributed by atoms with E-state index in [0.717, 1.165) is 30.4 Å². The van der Waals surface area contributed by atoms with Crippen molar-refractivity contribution in [1.82, 2.24) is 4.90 Å². The predicted octanol–water partition coefficient (Wildman–Crippen LogP) is 2.75. The Bertz CT molecular complexity index is 303. The summed E-state index contributed by atoms with van der Waals surface area (Å²) in [5.74, 6) is 0. The number of hydrogen-bond donors (Lipinski definition) is 1. The van der Waals surface area contributed by atoms with Crippen molar-refractivity contribution in [2.45, 2.75) is 25.4 Å². The maximum absolute atomic E-state index is 6.06. The molecule has 0 spiro atoms. The van der Waals surface area contributed by atoms with E-state index in [1.807, 2.05) is 5.38 Å². The smallest absolute Gasteiger partial charge is 0.0973 e. The average Bonchev–Trinajstić information content (AvgIpc) is 2.52. The van der Waals surface area contributed by atoms with Crippen molar-refractivity contribution < 1.29 is 0 Å². The minimum Gasteiger partial charge on any atom is -0.327 e. The highest BCUT2D eigenvalue weighted by atomic mass is 35.5. The molecule has 2 N–H and O–H groups in total. The summed E-state index contributed by atoms with van der Waals surface area (Å²) in [6.45, 7) is 3.11. The van der Waals surface area contributed by atoms with Crippen LogP contribution in [0.4, 0.5) is 0 Å². The van der Waals surface area contributed by atoms with E-state index in [-0.39, 0.29) is 12.4 Å². The van der Waals surface area contributed by atoms with Crippen molar-refractivity contribution in [3.05, 3.63) is 21.3 Å². The Morgan fingerprint density at radius 3 is 3.00 bits per heavy atom. The SMILES string of the molecule is Cl.N[C@@H]1CCCN(Cc2ccsc2Cl)C1. The molecule has 1 aromatic heterocycles. The lowest BCUT2D eigenvalue weighted by Crippen LogP contribution is -2.42. The van der Waals surface area contributed by atoms with Crippen LogP contribution in [-0.4, -0.2) is 24.0 Å². The van der Waals surface area contributed by atoms with E-state index in [9.17, 15) is 0 Å². The highest BCUT2D eigenvalue weighted by Gasteiger charge is 2.17. The van der Waals surface area contributed by atoms with Crippen molar-refractivity contribution in [3.63, 3.8) is 0 Å². The van der Waals surface area contributed by atoms with Crippen molar-refractivity contribution in [2.24, 2.45) is 5.73 Å². The molecule has 0 aliphatic carbocycles. The Morgan fingerprint density at radius 1 is 1.60 bits per heavy atom. The van der Waals surface area contributed by atoms with Gasteiger partial charge in [-0.15, -0.1) is 23.7 Å². The van der Waals surface area contributed by atoms with Crippen molar-refractivity contribution in [3.8, 4) is 0 Å². The van der Waals surface area contributed by atoms with Crippen LogP contribution in [0.1, 0.15) is 18.4 Å². The molecule has 0 aromatic carbocycles. The molecule has 1 saturated heterocycles. The van der Waals surface area contributed by atoms with Crippen molar-refractivity contribution >= 4 is 35.3 Å². The first-order valence-electron chi connectivity index (χ1n) is 4.95. The normalized spacial score (nSPS) is 22.4. The Balaban J connectivity index is 0.00000112. The molecule has 0 unspecified atom stereocenters. The van der Waals surface area contributed by atoms with Gasteiger partial charge in [-0.25, -0.2) is 0 Å². The van der Waals surface area contributed by atoms with Crippen LogP contribution < -0.4 is 5.73 Å². The molecule has 1 aliphatic heterocycles. The standard InChI is InChI=1S/C10H15ClN2S.ClH/c11-10-8(3-5-14-10)6-13-4-1-2-9(12)7-13;/h3,5,9H,1-2,4,6-7,12H2;1H/t9-;/m1./s1. The number of nitrogens with zero attached hydrogens (tertiary/aromatic N) is 1. The van der Waals surface area contributed by atoms with Gasteiger partial charge in [0, 0.05) is 19.1 Å². The summed E-state index contributed by atoms with van der Waals surface area (Å²) < 4.78 is 0.921. The Labute approximate surface area is 106 Å². The maximum Gasteiger partial charge on any atom is 0.0973 e. The van der Waals surface area contributed by atoms with Crippen LogP contribution in [0.3, 0.4) is 0 Å². The minimum atomic E-state index is 0. The molecule has 86 valence electrons. The number of likely N-dealkylation sites (tertiary alicyclic amines) is 1. The molecule has 0 radical (unpaired) electrons. The topological polar surface area (TPSA) is 29.3 Å². The van der Waals surface area contributed by atoms with Crippen molar-refractivity contribution in [2.75, 3.05) is 13.1 Å². The quantitative estimate of drug-likeness (QED) is 0.892. The van der Waals surface area contributed by atoms with Gasteiger partial charge in [0.05, 0.1) is 4.34 Å². The van der Waals surface area contributed by atoms with E-state index in [4.69, 9.17) is 17.3 Å². The molecule has 1 fully saturated rings. The van der Waals surface area contributed by atoms with Gasteiger partial charge < -0.3 is 5.73 Å². The number of halogens is 2. The number of nitrogens with two attached hydrogens (primary N) is 1. The fourth-order valence-corrected chi connectivity index (χ4v) is 2.82. The molecule has 2 rings (SSSR count). The average molecular weight is 267 g/mol. The highest BCUT2D eigenvalue weighted by Crippen LogP contribution is 2.24. The zero-order valence-corrected chi connectivity index (χ0v) is 10.9. The predicted molar refractivity (Wildman–Crippen MR) is 69.1 cm³/mol. The summed E-state index contributed by atoms with van der Waals surface area (Å²) in [5, 5.41) is 2.04. The molecule has 2 heterocycles. The summed E-state index contributed by atoms with van der Waals surface area (Å²) in [4.78, 5) is 2.39. The molecule has 1 atom stereocenters. The van der Waals surface area contributed by atoms with Crippen LogP contribution in [0.15, 0.2) is 11.4 Å². The van der Waals surface area contributed by atoms with Crippen LogP contribution in [0.2, 0.25) is 4.34 Å². The monoisotopic (exact) mass is 266 g/mol. The zero-order chi connectivity index (χ0) is 9.97. The second kappa shape index (κ2) is 6.06. The Hall–Kier alpha value is 0.200. The summed E-state index contributed by atoms with van der Waals surface area (Å²) in [6, 6.07) is 2.45. The van der Waals surface area contributed by atoms with Gasteiger partial charge in [0.15, 0.2) is 0 Å². The van der Waals surface area contributed by atoms with Crippen LogP contribution in [0, 0.1) is 0 Å². The van der Waals surface area contributed by atoms with Crippen LogP contribution >= 0.6 is 35.3 Å². The molecular weight excluding hydrogens is 251 g/mol. The van der Waals surface area contributed by atoms with E-state index in [2.05, 4.69) is 11.0 Å². The summed E-state index contributed by atoms with van der Waals surface area (Å²) in [7, 11) is 0. The van der Waals surface area contributed by atoms with E-state index in [1.54, 1.807) is 11.3 Å². The number of piperidine rings is 1. The Kier molecular flexibility index (Phi) is 5.36. The van der Waals surface area contributed by atoms with E-state index in [0.29, 0.717) is 6.04 Å². The van der Waals surface area contributed by atoms with Gasteiger partial charge in [-0.3, -0.25) is 4.90 Å². The van der Waals surface area contributed by atoms with Gasteiger partial charge >= 0.3 is 0 Å². The molecule has 1 aromatic rings. The third-order valence-corrected chi connectivity index (χ3v) is 3.88. The number of hydrogen-bond acceptors (Lipinski definition) is 3. The number of rotatable bonds is 2. The first-order valence-corrected chi connectivity index (χ1v) is 6.21. The molecule has 15 heavy (non-hydrogen) atoms. The van der Waals surface area contributed by atoms with E-state index < -0.39 is 0 Å². The highest BCUT2D eigenvalue weighted by molar-refractivity contribution is 7.14.